The second kappa shape index (κ2) is 9.42. The molecule has 1 amide bonds. The van der Waals surface area contributed by atoms with Crippen molar-refractivity contribution in [2.45, 2.75) is 62.6 Å². The SMILES string of the molecule is Cc1c(Cl)ccc2c1N=C/C2=C\c1[nH]c(=O)n(C(C(=O)NC23CCC(O)(CC2)CC3)c2ccc(F)c(F)c2)c1O. The lowest BCUT2D eigenvalue weighted by molar-refractivity contribution is -0.130. The topological polar surface area (TPSA) is 120 Å². The number of hydrogen-bond donors (Lipinski definition) is 4. The predicted octanol–water partition coefficient (Wildman–Crippen LogP) is 4.92. The number of benzene rings is 2. The number of H-pyrrole nitrogens is 1. The summed E-state index contributed by atoms with van der Waals surface area (Å²) < 4.78 is 29.0. The van der Waals surface area contributed by atoms with Crippen LogP contribution in [0.5, 0.6) is 5.88 Å². The molecule has 3 aromatic rings. The number of rotatable bonds is 5. The van der Waals surface area contributed by atoms with Crippen molar-refractivity contribution in [3.05, 3.63) is 79.9 Å². The van der Waals surface area contributed by atoms with Crippen molar-refractivity contribution in [1.82, 2.24) is 14.9 Å². The molecular weight excluding hydrogens is 542 g/mol. The van der Waals surface area contributed by atoms with Crippen molar-refractivity contribution < 1.29 is 23.8 Å². The number of allylic oxidation sites excluding steroid dienone is 1. The van der Waals surface area contributed by atoms with Gasteiger partial charge in [-0.1, -0.05) is 23.7 Å². The van der Waals surface area contributed by atoms with Gasteiger partial charge in [-0.3, -0.25) is 9.79 Å². The lowest BCUT2D eigenvalue weighted by atomic mass is 9.63. The fraction of sp³-hybridized carbons (Fsp3) is 0.345. The largest absolute Gasteiger partial charge is 0.493 e. The third kappa shape index (κ3) is 4.35. The van der Waals surface area contributed by atoms with E-state index in [9.17, 15) is 28.6 Å². The minimum absolute atomic E-state index is 0.00966. The Morgan fingerprint density at radius 3 is 2.52 bits per heavy atom. The van der Waals surface area contributed by atoms with Crippen molar-refractivity contribution in [1.29, 1.82) is 0 Å². The van der Waals surface area contributed by atoms with Gasteiger partial charge >= 0.3 is 5.69 Å². The Morgan fingerprint density at radius 2 is 1.85 bits per heavy atom. The summed E-state index contributed by atoms with van der Waals surface area (Å²) in [6, 6.07) is 4.95. The molecule has 4 N–H and O–H groups in total. The highest BCUT2D eigenvalue weighted by molar-refractivity contribution is 6.32. The predicted molar refractivity (Wildman–Crippen MR) is 147 cm³/mol. The minimum atomic E-state index is -1.49. The van der Waals surface area contributed by atoms with Gasteiger partial charge in [-0.05, 0) is 80.9 Å². The molecule has 1 aliphatic heterocycles. The molecule has 11 heteroatoms. The number of hydrogen-bond acceptors (Lipinski definition) is 5. The number of halogens is 3. The molecule has 4 aliphatic rings. The van der Waals surface area contributed by atoms with Crippen LogP contribution in [0.2, 0.25) is 5.02 Å². The van der Waals surface area contributed by atoms with Gasteiger partial charge in [-0.25, -0.2) is 18.1 Å². The molecule has 1 unspecified atom stereocenters. The lowest BCUT2D eigenvalue weighted by Crippen LogP contribution is -2.60. The summed E-state index contributed by atoms with van der Waals surface area (Å²) in [6.45, 7) is 1.83. The van der Waals surface area contributed by atoms with Gasteiger partial charge in [0.2, 0.25) is 11.8 Å². The van der Waals surface area contributed by atoms with Gasteiger partial charge in [0.25, 0.3) is 0 Å². The van der Waals surface area contributed by atoms with Gasteiger partial charge < -0.3 is 20.5 Å². The molecule has 2 heterocycles. The van der Waals surface area contributed by atoms with E-state index in [4.69, 9.17) is 11.6 Å². The molecular formula is C29H27ClF2N4O4. The first-order valence-electron chi connectivity index (χ1n) is 13.1. The van der Waals surface area contributed by atoms with Crippen LogP contribution in [0.1, 0.15) is 67.0 Å². The van der Waals surface area contributed by atoms with Gasteiger partial charge in [0.05, 0.1) is 11.3 Å². The molecule has 0 radical (unpaired) electrons. The molecule has 2 aromatic carbocycles. The van der Waals surface area contributed by atoms with Gasteiger partial charge in [0.15, 0.2) is 11.6 Å². The van der Waals surface area contributed by atoms with Crippen molar-refractivity contribution >= 4 is 41.1 Å². The Morgan fingerprint density at radius 1 is 1.15 bits per heavy atom. The summed E-state index contributed by atoms with van der Waals surface area (Å²) in [7, 11) is 0. The van der Waals surface area contributed by atoms with E-state index in [1.54, 1.807) is 18.3 Å². The average molecular weight is 569 g/mol. The maximum atomic E-state index is 14.3. The van der Waals surface area contributed by atoms with Crippen molar-refractivity contribution in [3.63, 3.8) is 0 Å². The lowest BCUT2D eigenvalue weighted by Gasteiger charge is -2.51. The van der Waals surface area contributed by atoms with E-state index in [2.05, 4.69) is 15.3 Å². The van der Waals surface area contributed by atoms with Crippen LogP contribution in [0, 0.1) is 18.6 Å². The number of imidazole rings is 1. The normalized spacial score (nSPS) is 24.9. The van der Waals surface area contributed by atoms with Gasteiger partial charge in [-0.15, -0.1) is 0 Å². The van der Waals surface area contributed by atoms with Crippen LogP contribution >= 0.6 is 11.6 Å². The first-order valence-corrected chi connectivity index (χ1v) is 13.5. The highest BCUT2D eigenvalue weighted by Crippen LogP contribution is 2.47. The zero-order valence-corrected chi connectivity index (χ0v) is 22.4. The van der Waals surface area contributed by atoms with Gasteiger partial charge in [0.1, 0.15) is 11.7 Å². The molecule has 3 saturated carbocycles. The summed E-state index contributed by atoms with van der Waals surface area (Å²) in [5.74, 6) is -3.49. The van der Waals surface area contributed by atoms with Crippen molar-refractivity contribution in [2.24, 2.45) is 4.99 Å². The fourth-order valence-corrected chi connectivity index (χ4v) is 6.28. The Hall–Kier alpha value is -3.76. The third-order valence-corrected chi connectivity index (χ3v) is 9.01. The minimum Gasteiger partial charge on any atom is -0.493 e. The Bertz CT molecular complexity index is 1650. The molecule has 3 fully saturated rings. The van der Waals surface area contributed by atoms with Crippen LogP contribution in [0.3, 0.4) is 0 Å². The molecule has 3 aliphatic carbocycles. The number of carbonyl (C=O) groups is 1. The number of aromatic hydroxyl groups is 1. The highest BCUT2D eigenvalue weighted by Gasteiger charge is 2.49. The van der Waals surface area contributed by atoms with Crippen LogP contribution in [0.15, 0.2) is 40.1 Å². The Balaban J connectivity index is 1.41. The van der Waals surface area contributed by atoms with Crippen molar-refractivity contribution in [3.8, 4) is 5.88 Å². The molecule has 0 spiro atoms. The number of nitrogens with one attached hydrogen (secondary N) is 2. The second-order valence-corrected chi connectivity index (χ2v) is 11.4. The molecule has 208 valence electrons. The van der Waals surface area contributed by atoms with E-state index < -0.39 is 46.3 Å². The molecule has 1 aromatic heterocycles. The van der Waals surface area contributed by atoms with E-state index in [1.807, 2.05) is 6.92 Å². The van der Waals surface area contributed by atoms with E-state index >= 15 is 0 Å². The number of fused-ring (bicyclic) bond motifs is 4. The first-order chi connectivity index (χ1) is 19.0. The summed E-state index contributed by atoms with van der Waals surface area (Å²) in [5, 5.41) is 25.4. The van der Waals surface area contributed by atoms with E-state index in [-0.39, 0.29) is 11.3 Å². The zero-order chi connectivity index (χ0) is 28.4. The Labute approximate surface area is 233 Å². The number of nitrogens with zero attached hydrogens (tertiary/aromatic N) is 2. The van der Waals surface area contributed by atoms with Crippen LogP contribution in [-0.4, -0.2) is 43.0 Å². The molecule has 0 saturated heterocycles. The number of aliphatic hydroxyl groups is 1. The van der Waals surface area contributed by atoms with E-state index in [0.717, 1.165) is 27.8 Å². The highest BCUT2D eigenvalue weighted by atomic mass is 35.5. The standard InChI is InChI=1S/C29H27ClF2N4O4/c1-15-19(30)4-3-18-17(14-33-23(15)18)13-22-26(38)36(27(39)34-22)24(16-2-5-20(31)21(32)12-16)25(37)35-28-6-9-29(40,10-7-28)11-8-28/h2-5,12-14,24,38,40H,6-11H2,1H3,(H,34,39)(H,35,37)/b17-13+. The van der Waals surface area contributed by atoms with Crippen LogP contribution in [0.25, 0.3) is 11.6 Å². The van der Waals surface area contributed by atoms with Gasteiger partial charge in [0, 0.05) is 27.9 Å². The summed E-state index contributed by atoms with van der Waals surface area (Å²) >= 11 is 6.21. The number of aliphatic imine (C=N–C) groups is 1. The number of amides is 1. The van der Waals surface area contributed by atoms with Gasteiger partial charge in [-0.2, -0.15) is 0 Å². The summed E-state index contributed by atoms with van der Waals surface area (Å²) in [6.07, 6.45) is 6.35. The quantitative estimate of drug-likeness (QED) is 0.349. The maximum absolute atomic E-state index is 14.3. The Kier molecular flexibility index (Phi) is 6.23. The van der Waals surface area contributed by atoms with E-state index in [0.29, 0.717) is 54.8 Å². The second-order valence-electron chi connectivity index (χ2n) is 11.0. The smallest absolute Gasteiger partial charge is 0.329 e. The molecule has 1 atom stereocenters. The summed E-state index contributed by atoms with van der Waals surface area (Å²) in [5.41, 5.74) is 0.684. The fourth-order valence-electron chi connectivity index (χ4n) is 6.13. The molecule has 2 bridgehead atoms. The first kappa shape index (κ1) is 26.5. The summed E-state index contributed by atoms with van der Waals surface area (Å²) in [4.78, 5) is 34.0. The zero-order valence-electron chi connectivity index (χ0n) is 21.6. The van der Waals surface area contributed by atoms with Crippen LogP contribution in [-0.2, 0) is 4.79 Å². The number of carbonyl (C=O) groups excluding carboxylic acids is 1. The molecule has 40 heavy (non-hydrogen) atoms. The van der Waals surface area contributed by atoms with E-state index in [1.165, 1.54) is 12.1 Å². The average Bonchev–Trinajstić information content (AvgIpc) is 3.45. The molecule has 8 nitrogen and oxygen atoms in total. The number of aromatic amines is 1. The monoisotopic (exact) mass is 568 g/mol. The third-order valence-electron chi connectivity index (χ3n) is 8.60. The molecule has 7 rings (SSSR count). The maximum Gasteiger partial charge on any atom is 0.329 e. The van der Waals surface area contributed by atoms with Crippen LogP contribution < -0.4 is 11.0 Å². The van der Waals surface area contributed by atoms with Crippen molar-refractivity contribution in [2.75, 3.05) is 0 Å². The van der Waals surface area contributed by atoms with Crippen LogP contribution in [0.4, 0.5) is 14.5 Å². The number of aromatic nitrogens is 2.